The second-order valence-electron chi connectivity index (χ2n) is 18.2. The van der Waals surface area contributed by atoms with E-state index in [-0.39, 0.29) is 23.2 Å². The number of aromatic nitrogens is 2. The number of fused-ring (bicyclic) bond motifs is 8. The van der Waals surface area contributed by atoms with Gasteiger partial charge in [-0.3, -0.25) is 4.57 Å². The van der Waals surface area contributed by atoms with Crippen molar-refractivity contribution in [1.29, 1.82) is 0 Å². The topological polar surface area (TPSA) is 33.5 Å². The Kier molecular flexibility index (Phi) is 7.35. The van der Waals surface area contributed by atoms with E-state index >= 15 is 0 Å². The molecule has 5 nitrogen and oxygen atoms in total. The number of hydrogen-bond acceptors (Lipinski definition) is 5. The highest BCUT2D eigenvalue weighted by molar-refractivity contribution is 7.26. The number of nitrogens with zero attached hydrogens (tertiary/aromatic N) is 4. The van der Waals surface area contributed by atoms with Gasteiger partial charge in [0.05, 0.1) is 41.8 Å². The molecule has 0 saturated heterocycles. The maximum Gasteiger partial charge on any atom is 0.137 e. The molecule has 0 radical (unpaired) electrons. The molecule has 6 heteroatoms. The van der Waals surface area contributed by atoms with Crippen LogP contribution in [0.25, 0.3) is 70.0 Å². The monoisotopic (exact) mass is 896 g/mol. The van der Waals surface area contributed by atoms with Crippen LogP contribution in [0, 0.1) is 20.8 Å². The summed E-state index contributed by atoms with van der Waals surface area (Å²) in [6.45, 7) is 12.2. The van der Waals surface area contributed by atoms with Gasteiger partial charge in [0.2, 0.25) is 0 Å². The molecule has 0 bridgehead atoms. The van der Waals surface area contributed by atoms with Crippen molar-refractivity contribution in [2.24, 2.45) is 0 Å². The van der Waals surface area contributed by atoms with Gasteiger partial charge in [0.25, 0.3) is 0 Å². The minimum atomic E-state index is -0.545. The summed E-state index contributed by atoms with van der Waals surface area (Å²) >= 11 is 1.79. The SMILES string of the molecule is [2H]c1c([2H])c([2H])c(-c2c(C)c(C)c(C)c(-c3c([2H])c([2H])c([2H])c([2H])c3[2H])c2N2CN(c3cccc(Oc4ccc5c6c7sc8ccccc8c7ccc6n(-c6cc(C(C)(C)C)ccn6)c5c4)c3)c3ccccc32)c([2H])c1[2H]. The molecule has 67 heavy (non-hydrogen) atoms. The fraction of sp³-hybridized carbons (Fsp3) is 0.131. The normalized spacial score (nSPS) is 14.9. The maximum atomic E-state index is 9.29. The molecule has 12 rings (SSSR count). The molecule has 11 aromatic rings. The summed E-state index contributed by atoms with van der Waals surface area (Å²) in [5.74, 6) is 1.97. The summed E-state index contributed by atoms with van der Waals surface area (Å²) in [4.78, 5) is 9.00. The van der Waals surface area contributed by atoms with E-state index in [9.17, 15) is 5.48 Å². The lowest BCUT2D eigenvalue weighted by molar-refractivity contribution is 0.483. The van der Waals surface area contributed by atoms with E-state index in [1.807, 2.05) is 86.5 Å². The van der Waals surface area contributed by atoms with Crippen molar-refractivity contribution in [3.8, 4) is 39.6 Å². The van der Waals surface area contributed by atoms with Gasteiger partial charge in [-0.2, -0.15) is 0 Å². The Morgan fingerprint density at radius 3 is 1.97 bits per heavy atom. The molecule has 8 aromatic carbocycles. The Morgan fingerprint density at radius 1 is 0.597 bits per heavy atom. The summed E-state index contributed by atoms with van der Waals surface area (Å²) in [5, 5.41) is 4.65. The van der Waals surface area contributed by atoms with Crippen molar-refractivity contribution in [3.63, 3.8) is 0 Å². The minimum absolute atomic E-state index is 0.0616. The Hall–Kier alpha value is -7.67. The van der Waals surface area contributed by atoms with Crippen molar-refractivity contribution in [2.45, 2.75) is 47.0 Å². The first kappa shape index (κ1) is 31.3. The van der Waals surface area contributed by atoms with E-state index in [1.165, 1.54) is 20.2 Å². The second-order valence-corrected chi connectivity index (χ2v) is 19.2. The van der Waals surface area contributed by atoms with Crippen LogP contribution in [0.4, 0.5) is 22.7 Å². The van der Waals surface area contributed by atoms with Crippen molar-refractivity contribution in [2.75, 3.05) is 16.5 Å². The Labute approximate surface area is 409 Å². The summed E-state index contributed by atoms with van der Waals surface area (Å²) in [6.07, 6.45) is 1.88. The van der Waals surface area contributed by atoms with Gasteiger partial charge < -0.3 is 14.5 Å². The molecular weight excluding hydrogens is 837 g/mol. The molecule has 0 N–H and O–H groups in total. The van der Waals surface area contributed by atoms with Crippen LogP contribution in [0.5, 0.6) is 11.5 Å². The van der Waals surface area contributed by atoms with Crippen LogP contribution in [-0.2, 0) is 5.41 Å². The predicted octanol–water partition coefficient (Wildman–Crippen LogP) is 17.1. The Morgan fingerprint density at radius 2 is 1.25 bits per heavy atom. The molecule has 0 saturated carbocycles. The molecule has 1 aliphatic heterocycles. The third kappa shape index (κ3) is 6.69. The Balaban J connectivity index is 1.01. The van der Waals surface area contributed by atoms with Crippen molar-refractivity contribution in [3.05, 3.63) is 204 Å². The van der Waals surface area contributed by atoms with Gasteiger partial charge in [0, 0.05) is 66.1 Å². The number of para-hydroxylation sites is 2. The molecule has 0 unspecified atom stereocenters. The Bertz CT molecular complexity index is 4200. The molecule has 0 atom stereocenters. The van der Waals surface area contributed by atoms with E-state index in [0.29, 0.717) is 50.7 Å². The van der Waals surface area contributed by atoms with Gasteiger partial charge in [-0.25, -0.2) is 4.98 Å². The number of hydrogen-bond donors (Lipinski definition) is 0. The van der Waals surface area contributed by atoms with E-state index in [0.717, 1.165) is 44.6 Å². The predicted molar refractivity (Wildman–Crippen MR) is 284 cm³/mol. The van der Waals surface area contributed by atoms with E-state index in [1.54, 1.807) is 11.3 Å². The van der Waals surface area contributed by atoms with Crippen LogP contribution in [-0.4, -0.2) is 16.2 Å². The number of thiophene rings is 1. The van der Waals surface area contributed by atoms with E-state index in [2.05, 4.69) is 90.9 Å². The largest absolute Gasteiger partial charge is 0.457 e. The van der Waals surface area contributed by atoms with E-state index < -0.39 is 60.4 Å². The van der Waals surface area contributed by atoms with Crippen molar-refractivity contribution in [1.82, 2.24) is 9.55 Å². The lowest BCUT2D eigenvalue weighted by Crippen LogP contribution is -2.25. The van der Waals surface area contributed by atoms with Crippen LogP contribution < -0.4 is 14.5 Å². The molecule has 0 spiro atoms. The first-order valence-electron chi connectivity index (χ1n) is 27.3. The quantitative estimate of drug-likeness (QED) is 0.160. The van der Waals surface area contributed by atoms with Crippen LogP contribution in [0.15, 0.2) is 182 Å². The average molecular weight is 897 g/mol. The summed E-state index contributed by atoms with van der Waals surface area (Å²) in [7, 11) is 0. The molecule has 1 aliphatic rings. The average Bonchev–Trinajstić information content (AvgIpc) is 4.35. The van der Waals surface area contributed by atoms with Crippen molar-refractivity contribution >= 4 is 76.1 Å². The first-order valence-corrected chi connectivity index (χ1v) is 23.1. The summed E-state index contributed by atoms with van der Waals surface area (Å²) in [6, 6.07) is 33.9. The number of ether oxygens (including phenoxy) is 1. The van der Waals surface area contributed by atoms with Gasteiger partial charge in [-0.15, -0.1) is 11.3 Å². The maximum absolute atomic E-state index is 9.29. The van der Waals surface area contributed by atoms with Gasteiger partial charge in [0.15, 0.2) is 0 Å². The third-order valence-corrected chi connectivity index (χ3v) is 14.5. The second kappa shape index (κ2) is 15.7. The highest BCUT2D eigenvalue weighted by Crippen LogP contribution is 2.53. The van der Waals surface area contributed by atoms with Gasteiger partial charge >= 0.3 is 0 Å². The van der Waals surface area contributed by atoms with Gasteiger partial charge in [-0.05, 0) is 120 Å². The standard InChI is InChI=1S/C61H50N4OS/c1-38-39(2)56(41-18-9-7-10-19-41)59(57(40(38)3)42-20-11-8-12-21-42)64-37-63(50-25-14-15-26-51(50)64)44-22-17-23-45(35-44)66-46-28-29-49-53(36-46)65(55-34-43(32-33-62-55)61(4,5)6)52-31-30-48-47-24-13-16-27-54(47)67-60(48)58(49)52/h7-36H,37H2,1-6H3/i7D,8D,9D,10D,11D,12D,18D,19D,20D,21D. The molecule has 326 valence electrons. The summed E-state index contributed by atoms with van der Waals surface area (Å²) < 4.78 is 101. The molecule has 4 heterocycles. The number of pyridine rings is 1. The smallest absolute Gasteiger partial charge is 0.137 e. The van der Waals surface area contributed by atoms with Gasteiger partial charge in [-0.1, -0.05) is 124 Å². The number of rotatable bonds is 7. The molecule has 0 aliphatic carbocycles. The molecule has 3 aromatic heterocycles. The zero-order valence-electron chi connectivity index (χ0n) is 47.9. The fourth-order valence-corrected chi connectivity index (χ4v) is 11.1. The minimum Gasteiger partial charge on any atom is -0.457 e. The third-order valence-electron chi connectivity index (χ3n) is 13.3. The highest BCUT2D eigenvalue weighted by Gasteiger charge is 2.33. The number of anilines is 4. The molecular formula is C61H50N4OS. The fourth-order valence-electron chi connectivity index (χ4n) is 9.83. The zero-order valence-corrected chi connectivity index (χ0v) is 38.7. The van der Waals surface area contributed by atoms with Gasteiger partial charge in [0.1, 0.15) is 24.0 Å². The molecule has 0 amide bonds. The van der Waals surface area contributed by atoms with Crippen LogP contribution in [0.3, 0.4) is 0 Å². The van der Waals surface area contributed by atoms with Crippen molar-refractivity contribution < 1.29 is 18.4 Å². The molecule has 0 fully saturated rings. The van der Waals surface area contributed by atoms with Crippen LogP contribution >= 0.6 is 11.3 Å². The van der Waals surface area contributed by atoms with Crippen LogP contribution in [0.1, 0.15) is 56.7 Å². The lowest BCUT2D eigenvalue weighted by Gasteiger charge is -2.30. The van der Waals surface area contributed by atoms with E-state index in [4.69, 9.17) is 17.9 Å². The lowest BCUT2D eigenvalue weighted by atomic mass is 9.85. The zero-order chi connectivity index (χ0) is 54.3. The highest BCUT2D eigenvalue weighted by atomic mass is 32.1. The summed E-state index contributed by atoms with van der Waals surface area (Å²) in [5.41, 5.74) is 7.92. The van der Waals surface area contributed by atoms with Crippen LogP contribution in [0.2, 0.25) is 0 Å². The number of benzene rings is 8. The first-order chi connectivity index (χ1) is 36.8.